The number of alkyl halides is 1. The van der Waals surface area contributed by atoms with E-state index in [9.17, 15) is 4.39 Å². The highest BCUT2D eigenvalue weighted by molar-refractivity contribution is 6.34. The van der Waals surface area contributed by atoms with E-state index in [0.29, 0.717) is 29.2 Å². The number of benzene rings is 1. The maximum absolute atomic E-state index is 13.7. The van der Waals surface area contributed by atoms with Crippen LogP contribution in [0.25, 0.3) is 0 Å². The fourth-order valence-corrected chi connectivity index (χ4v) is 2.40. The van der Waals surface area contributed by atoms with Crippen LogP contribution in [0.2, 0.25) is 5.02 Å². The normalized spacial score (nSPS) is 25.8. The van der Waals surface area contributed by atoms with E-state index >= 15 is 0 Å². The number of para-hydroxylation sites is 1. The van der Waals surface area contributed by atoms with Gasteiger partial charge in [0.2, 0.25) is 0 Å². The SMILES string of the molecule is [B]C1(F)CCCN(c2c(N)cccc2Cl)C1. The molecule has 1 aromatic carbocycles. The molecule has 1 atom stereocenters. The summed E-state index contributed by atoms with van der Waals surface area (Å²) in [6, 6.07) is 5.28. The molecule has 84 valence electrons. The van der Waals surface area contributed by atoms with E-state index in [-0.39, 0.29) is 6.54 Å². The molecule has 0 aliphatic carbocycles. The summed E-state index contributed by atoms with van der Waals surface area (Å²) in [6.07, 6.45) is 1.09. The van der Waals surface area contributed by atoms with Crippen molar-refractivity contribution in [3.8, 4) is 0 Å². The molecule has 2 rings (SSSR count). The molecule has 1 fully saturated rings. The van der Waals surface area contributed by atoms with Gasteiger partial charge < -0.3 is 10.6 Å². The van der Waals surface area contributed by atoms with Crippen LogP contribution in [0.5, 0.6) is 0 Å². The van der Waals surface area contributed by atoms with Gasteiger partial charge in [-0.05, 0) is 25.0 Å². The van der Waals surface area contributed by atoms with Gasteiger partial charge in [-0.1, -0.05) is 17.7 Å². The standard InChI is InChI=1S/C11H13BClFN2/c12-11(14)5-2-6-16(7-11)10-8(13)3-1-4-9(10)15/h1,3-4H,2,5-7,15H2. The first-order valence-corrected chi connectivity index (χ1v) is 5.64. The predicted molar refractivity (Wildman–Crippen MR) is 66.9 cm³/mol. The Bertz CT molecular complexity index is 377. The summed E-state index contributed by atoms with van der Waals surface area (Å²) in [5.74, 6) is 0. The number of rotatable bonds is 1. The maximum Gasteiger partial charge on any atom is 0.123 e. The molecule has 2 N–H and O–H groups in total. The number of nitrogens with two attached hydrogens (primary N) is 1. The first-order valence-electron chi connectivity index (χ1n) is 5.26. The summed E-state index contributed by atoms with van der Waals surface area (Å²) in [5.41, 5.74) is 5.45. The van der Waals surface area contributed by atoms with Gasteiger partial charge in [-0.15, -0.1) is 0 Å². The van der Waals surface area contributed by atoms with Gasteiger partial charge in [0.05, 0.1) is 22.0 Å². The predicted octanol–water partition coefficient (Wildman–Crippen LogP) is 2.36. The third-order valence-corrected chi connectivity index (χ3v) is 3.11. The van der Waals surface area contributed by atoms with Crippen molar-refractivity contribution in [2.45, 2.75) is 18.4 Å². The Morgan fingerprint density at radius 1 is 1.50 bits per heavy atom. The maximum atomic E-state index is 13.7. The zero-order chi connectivity index (χ0) is 11.8. The molecule has 0 spiro atoms. The van der Waals surface area contributed by atoms with Crippen molar-refractivity contribution in [3.63, 3.8) is 0 Å². The van der Waals surface area contributed by atoms with E-state index in [1.165, 1.54) is 0 Å². The van der Waals surface area contributed by atoms with E-state index in [4.69, 9.17) is 25.2 Å². The molecule has 1 saturated heterocycles. The molecule has 1 aromatic rings. The van der Waals surface area contributed by atoms with Gasteiger partial charge in [-0.3, -0.25) is 4.39 Å². The molecular formula is C11H13BClFN2. The molecule has 2 radical (unpaired) electrons. The Labute approximate surface area is 101 Å². The summed E-state index contributed by atoms with van der Waals surface area (Å²) in [6.45, 7) is 0.873. The molecule has 5 heteroatoms. The molecule has 1 aliphatic rings. The third kappa shape index (κ3) is 2.27. The average molecular weight is 239 g/mol. The van der Waals surface area contributed by atoms with Crippen LogP contribution in [0, 0.1) is 0 Å². The van der Waals surface area contributed by atoms with Gasteiger partial charge >= 0.3 is 0 Å². The monoisotopic (exact) mass is 238 g/mol. The van der Waals surface area contributed by atoms with Crippen LogP contribution in [0.3, 0.4) is 0 Å². The zero-order valence-electron chi connectivity index (χ0n) is 8.92. The molecular weight excluding hydrogens is 225 g/mol. The fourth-order valence-electron chi connectivity index (χ4n) is 2.10. The second-order valence-corrected chi connectivity index (χ2v) is 4.64. The smallest absolute Gasteiger partial charge is 0.123 e. The van der Waals surface area contributed by atoms with Crippen LogP contribution in [-0.4, -0.2) is 26.5 Å². The van der Waals surface area contributed by atoms with E-state index in [1.807, 2.05) is 4.90 Å². The highest BCUT2D eigenvalue weighted by atomic mass is 35.5. The van der Waals surface area contributed by atoms with E-state index in [0.717, 1.165) is 6.54 Å². The number of nitrogens with zero attached hydrogens (tertiary/aromatic N) is 1. The first-order chi connectivity index (χ1) is 7.49. The van der Waals surface area contributed by atoms with E-state index in [1.54, 1.807) is 18.2 Å². The average Bonchev–Trinajstić information content (AvgIpc) is 2.15. The largest absolute Gasteiger partial charge is 0.397 e. The van der Waals surface area contributed by atoms with Gasteiger partial charge in [-0.25, -0.2) is 0 Å². The summed E-state index contributed by atoms with van der Waals surface area (Å²) in [4.78, 5) is 1.82. The zero-order valence-corrected chi connectivity index (χ0v) is 9.67. The van der Waals surface area contributed by atoms with Crippen LogP contribution >= 0.6 is 11.6 Å². The summed E-state index contributed by atoms with van der Waals surface area (Å²) >= 11 is 6.07. The lowest BCUT2D eigenvalue weighted by Crippen LogP contribution is -2.46. The lowest BCUT2D eigenvalue weighted by Gasteiger charge is -2.38. The molecule has 0 bridgehead atoms. The highest BCUT2D eigenvalue weighted by Crippen LogP contribution is 2.35. The summed E-state index contributed by atoms with van der Waals surface area (Å²) in [5, 5.41) is 0.540. The first kappa shape index (κ1) is 11.6. The van der Waals surface area contributed by atoms with Gasteiger partial charge in [-0.2, -0.15) is 0 Å². The van der Waals surface area contributed by atoms with Crippen LogP contribution in [0.1, 0.15) is 12.8 Å². The van der Waals surface area contributed by atoms with E-state index in [2.05, 4.69) is 0 Å². The van der Waals surface area contributed by atoms with Crippen molar-refractivity contribution in [2.75, 3.05) is 23.7 Å². The van der Waals surface area contributed by atoms with Crippen molar-refractivity contribution >= 4 is 30.8 Å². The molecule has 0 amide bonds. The Morgan fingerprint density at radius 2 is 2.25 bits per heavy atom. The van der Waals surface area contributed by atoms with Crippen LogP contribution in [-0.2, 0) is 0 Å². The van der Waals surface area contributed by atoms with Gasteiger partial charge in [0.25, 0.3) is 0 Å². The topological polar surface area (TPSA) is 29.3 Å². The molecule has 1 unspecified atom stereocenters. The van der Waals surface area contributed by atoms with Gasteiger partial charge in [0.1, 0.15) is 7.85 Å². The van der Waals surface area contributed by atoms with Crippen molar-refractivity contribution < 1.29 is 4.39 Å². The minimum absolute atomic E-state index is 0.140. The third-order valence-electron chi connectivity index (χ3n) is 2.81. The van der Waals surface area contributed by atoms with Crippen molar-refractivity contribution in [1.29, 1.82) is 0 Å². The Balaban J connectivity index is 2.30. The van der Waals surface area contributed by atoms with Crippen molar-refractivity contribution in [2.24, 2.45) is 0 Å². The Hall–Kier alpha value is -0.895. The lowest BCUT2D eigenvalue weighted by molar-refractivity contribution is 0.236. The number of hydrogen-bond donors (Lipinski definition) is 1. The molecule has 0 aromatic heterocycles. The fraction of sp³-hybridized carbons (Fsp3) is 0.455. The highest BCUT2D eigenvalue weighted by Gasteiger charge is 2.31. The van der Waals surface area contributed by atoms with Crippen LogP contribution in [0.15, 0.2) is 18.2 Å². The number of nitrogen functional groups attached to an aromatic ring is 1. The quantitative estimate of drug-likeness (QED) is 0.601. The minimum atomic E-state index is -1.65. The summed E-state index contributed by atoms with van der Waals surface area (Å²) < 4.78 is 13.7. The van der Waals surface area contributed by atoms with Crippen molar-refractivity contribution in [3.05, 3.63) is 23.2 Å². The number of halogens is 2. The molecule has 1 aliphatic heterocycles. The second kappa shape index (κ2) is 4.17. The van der Waals surface area contributed by atoms with E-state index < -0.39 is 5.57 Å². The molecule has 2 nitrogen and oxygen atoms in total. The van der Waals surface area contributed by atoms with Crippen molar-refractivity contribution in [1.82, 2.24) is 0 Å². The van der Waals surface area contributed by atoms with Crippen LogP contribution < -0.4 is 10.6 Å². The number of hydrogen-bond acceptors (Lipinski definition) is 2. The molecule has 0 saturated carbocycles. The summed E-state index contributed by atoms with van der Waals surface area (Å²) in [7, 11) is 5.51. The van der Waals surface area contributed by atoms with Crippen LogP contribution in [0.4, 0.5) is 15.8 Å². The minimum Gasteiger partial charge on any atom is -0.397 e. The van der Waals surface area contributed by atoms with Gasteiger partial charge in [0, 0.05) is 13.1 Å². The second-order valence-electron chi connectivity index (χ2n) is 4.24. The number of piperidine rings is 1. The Kier molecular flexibility index (Phi) is 3.02. The lowest BCUT2D eigenvalue weighted by atomic mass is 9.77. The Morgan fingerprint density at radius 3 is 2.88 bits per heavy atom. The van der Waals surface area contributed by atoms with Gasteiger partial charge in [0.15, 0.2) is 0 Å². The number of anilines is 2. The molecule has 1 heterocycles. The molecule has 16 heavy (non-hydrogen) atoms.